The van der Waals surface area contributed by atoms with Crippen molar-refractivity contribution in [3.8, 4) is 0 Å². The number of hydrogen-bond acceptors (Lipinski definition) is 2. The van der Waals surface area contributed by atoms with E-state index in [4.69, 9.17) is 4.74 Å². The third-order valence-electron chi connectivity index (χ3n) is 4.58. The Kier molecular flexibility index (Phi) is 4.48. The first-order chi connectivity index (χ1) is 8.07. The molecule has 2 aliphatic rings. The SMILES string of the molecule is CC1CC(NCC2(C)CCCCC2)CC(C)O1. The summed E-state index contributed by atoms with van der Waals surface area (Å²) < 4.78 is 5.79. The van der Waals surface area contributed by atoms with Crippen molar-refractivity contribution >= 4 is 0 Å². The second-order valence-corrected chi connectivity index (χ2v) is 6.68. The Morgan fingerprint density at radius 2 is 1.65 bits per heavy atom. The van der Waals surface area contributed by atoms with E-state index in [-0.39, 0.29) is 0 Å². The molecule has 0 spiro atoms. The summed E-state index contributed by atoms with van der Waals surface area (Å²) in [6, 6.07) is 0.674. The summed E-state index contributed by atoms with van der Waals surface area (Å²) in [4.78, 5) is 0. The average Bonchev–Trinajstić information content (AvgIpc) is 2.26. The van der Waals surface area contributed by atoms with Crippen LogP contribution in [0, 0.1) is 5.41 Å². The van der Waals surface area contributed by atoms with Crippen LogP contribution in [0.25, 0.3) is 0 Å². The van der Waals surface area contributed by atoms with E-state index in [9.17, 15) is 0 Å². The summed E-state index contributed by atoms with van der Waals surface area (Å²) in [5.41, 5.74) is 0.559. The fourth-order valence-corrected chi connectivity index (χ4v) is 3.54. The number of nitrogens with one attached hydrogen (secondary N) is 1. The zero-order valence-corrected chi connectivity index (χ0v) is 11.8. The normalized spacial score (nSPS) is 37.9. The smallest absolute Gasteiger partial charge is 0.0565 e. The van der Waals surface area contributed by atoms with E-state index >= 15 is 0 Å². The van der Waals surface area contributed by atoms with Crippen molar-refractivity contribution in [1.82, 2.24) is 5.32 Å². The van der Waals surface area contributed by atoms with Crippen LogP contribution < -0.4 is 5.32 Å². The lowest BCUT2D eigenvalue weighted by Crippen LogP contribution is -2.45. The van der Waals surface area contributed by atoms with E-state index in [0.717, 1.165) is 0 Å². The van der Waals surface area contributed by atoms with Crippen molar-refractivity contribution < 1.29 is 4.74 Å². The number of hydrogen-bond donors (Lipinski definition) is 1. The minimum absolute atomic E-state index is 0.426. The topological polar surface area (TPSA) is 21.3 Å². The standard InChI is InChI=1S/C15H29NO/c1-12-9-14(10-13(2)17-12)16-11-15(3)7-5-4-6-8-15/h12-14,16H,4-11H2,1-3H3. The van der Waals surface area contributed by atoms with Crippen molar-refractivity contribution in [3.63, 3.8) is 0 Å². The fraction of sp³-hybridized carbons (Fsp3) is 1.00. The molecule has 2 rings (SSSR count). The molecular formula is C15H29NO. The maximum absolute atomic E-state index is 5.79. The lowest BCUT2D eigenvalue weighted by atomic mass is 9.75. The van der Waals surface area contributed by atoms with Gasteiger partial charge in [0, 0.05) is 12.6 Å². The minimum Gasteiger partial charge on any atom is -0.375 e. The number of ether oxygens (including phenoxy) is 1. The van der Waals surface area contributed by atoms with Crippen LogP contribution in [0.5, 0.6) is 0 Å². The Balaban J connectivity index is 1.76. The maximum Gasteiger partial charge on any atom is 0.0565 e. The van der Waals surface area contributed by atoms with Gasteiger partial charge in [-0.05, 0) is 44.9 Å². The van der Waals surface area contributed by atoms with Gasteiger partial charge < -0.3 is 10.1 Å². The highest BCUT2D eigenvalue weighted by atomic mass is 16.5. The van der Waals surface area contributed by atoms with Crippen LogP contribution in [0.2, 0.25) is 0 Å². The first-order valence-electron chi connectivity index (χ1n) is 7.46. The third kappa shape index (κ3) is 3.96. The predicted molar refractivity (Wildman–Crippen MR) is 72.2 cm³/mol. The molecule has 2 atom stereocenters. The zero-order valence-electron chi connectivity index (χ0n) is 11.8. The van der Waals surface area contributed by atoms with Gasteiger partial charge in [0.05, 0.1) is 12.2 Å². The second kappa shape index (κ2) is 5.71. The molecule has 1 saturated carbocycles. The van der Waals surface area contributed by atoms with E-state index in [2.05, 4.69) is 26.1 Å². The molecule has 1 N–H and O–H groups in total. The third-order valence-corrected chi connectivity index (χ3v) is 4.58. The van der Waals surface area contributed by atoms with E-state index in [1.807, 2.05) is 0 Å². The van der Waals surface area contributed by atoms with Crippen LogP contribution in [0.15, 0.2) is 0 Å². The lowest BCUT2D eigenvalue weighted by Gasteiger charge is -2.38. The monoisotopic (exact) mass is 239 g/mol. The Labute approximate surface area is 107 Å². The molecule has 1 heterocycles. The summed E-state index contributed by atoms with van der Waals surface area (Å²) in [6.07, 6.45) is 10.3. The molecule has 2 nitrogen and oxygen atoms in total. The van der Waals surface area contributed by atoms with Gasteiger partial charge in [0.1, 0.15) is 0 Å². The highest BCUT2D eigenvalue weighted by molar-refractivity contribution is 4.85. The Morgan fingerprint density at radius 1 is 1.06 bits per heavy atom. The van der Waals surface area contributed by atoms with Crippen molar-refractivity contribution in [2.75, 3.05) is 6.54 Å². The highest BCUT2D eigenvalue weighted by Gasteiger charge is 2.29. The molecule has 1 aliphatic heterocycles. The average molecular weight is 239 g/mol. The van der Waals surface area contributed by atoms with Gasteiger partial charge in [0.2, 0.25) is 0 Å². The van der Waals surface area contributed by atoms with E-state index < -0.39 is 0 Å². The molecule has 0 aromatic heterocycles. The Hall–Kier alpha value is -0.0800. The molecule has 0 bridgehead atoms. The largest absolute Gasteiger partial charge is 0.375 e. The summed E-state index contributed by atoms with van der Waals surface area (Å²) in [5.74, 6) is 0. The highest BCUT2D eigenvalue weighted by Crippen LogP contribution is 2.35. The molecule has 1 aliphatic carbocycles. The van der Waals surface area contributed by atoms with Crippen LogP contribution >= 0.6 is 0 Å². The molecule has 0 aromatic carbocycles. The Morgan fingerprint density at radius 3 is 2.24 bits per heavy atom. The van der Waals surface area contributed by atoms with Gasteiger partial charge >= 0.3 is 0 Å². The molecule has 17 heavy (non-hydrogen) atoms. The van der Waals surface area contributed by atoms with Crippen LogP contribution in [0.4, 0.5) is 0 Å². The van der Waals surface area contributed by atoms with Crippen LogP contribution in [0.3, 0.4) is 0 Å². The van der Waals surface area contributed by atoms with Crippen molar-refractivity contribution in [2.24, 2.45) is 5.41 Å². The van der Waals surface area contributed by atoms with Gasteiger partial charge in [-0.25, -0.2) is 0 Å². The van der Waals surface area contributed by atoms with Gasteiger partial charge in [-0.3, -0.25) is 0 Å². The molecule has 100 valence electrons. The molecule has 0 amide bonds. The summed E-state index contributed by atoms with van der Waals surface area (Å²) in [5, 5.41) is 3.81. The summed E-state index contributed by atoms with van der Waals surface area (Å²) >= 11 is 0. The van der Waals surface area contributed by atoms with E-state index in [0.29, 0.717) is 23.7 Å². The molecule has 1 saturated heterocycles. The fourth-order valence-electron chi connectivity index (χ4n) is 3.54. The van der Waals surface area contributed by atoms with Gasteiger partial charge in [-0.2, -0.15) is 0 Å². The summed E-state index contributed by atoms with van der Waals surface area (Å²) in [7, 11) is 0. The van der Waals surface area contributed by atoms with E-state index in [1.165, 1.54) is 51.5 Å². The van der Waals surface area contributed by atoms with Gasteiger partial charge in [-0.1, -0.05) is 26.2 Å². The lowest BCUT2D eigenvalue weighted by molar-refractivity contribution is -0.0436. The molecule has 2 heteroatoms. The molecule has 0 radical (unpaired) electrons. The molecule has 2 fully saturated rings. The minimum atomic E-state index is 0.426. The van der Waals surface area contributed by atoms with Crippen LogP contribution in [-0.2, 0) is 4.74 Å². The van der Waals surface area contributed by atoms with Crippen LogP contribution in [0.1, 0.15) is 65.7 Å². The van der Waals surface area contributed by atoms with Gasteiger partial charge in [0.15, 0.2) is 0 Å². The first-order valence-corrected chi connectivity index (χ1v) is 7.46. The van der Waals surface area contributed by atoms with Crippen molar-refractivity contribution in [3.05, 3.63) is 0 Å². The first kappa shape index (κ1) is 13.4. The molecule has 2 unspecified atom stereocenters. The van der Waals surface area contributed by atoms with Crippen molar-refractivity contribution in [1.29, 1.82) is 0 Å². The van der Waals surface area contributed by atoms with E-state index in [1.54, 1.807) is 0 Å². The van der Waals surface area contributed by atoms with Gasteiger partial charge in [0.25, 0.3) is 0 Å². The van der Waals surface area contributed by atoms with Crippen molar-refractivity contribution in [2.45, 2.75) is 84.0 Å². The second-order valence-electron chi connectivity index (χ2n) is 6.68. The summed E-state index contributed by atoms with van der Waals surface area (Å²) in [6.45, 7) is 8.07. The molecule has 0 aromatic rings. The zero-order chi connectivity index (χ0) is 12.3. The maximum atomic E-state index is 5.79. The quantitative estimate of drug-likeness (QED) is 0.814. The van der Waals surface area contributed by atoms with Gasteiger partial charge in [-0.15, -0.1) is 0 Å². The molecular weight excluding hydrogens is 210 g/mol. The predicted octanol–water partition coefficient (Wildman–Crippen LogP) is 3.50. The Bertz CT molecular complexity index is 225. The number of rotatable bonds is 3. The van der Waals surface area contributed by atoms with Crippen LogP contribution in [-0.4, -0.2) is 24.8 Å².